The van der Waals surface area contributed by atoms with Gasteiger partial charge in [-0.25, -0.2) is 8.42 Å². The van der Waals surface area contributed by atoms with Crippen LogP contribution in [0.15, 0.2) is 17.3 Å². The Bertz CT molecular complexity index is 739. The fraction of sp³-hybridized carbons (Fsp3) is 0.812. The van der Waals surface area contributed by atoms with Gasteiger partial charge in [-0.3, -0.25) is 4.68 Å². The van der Waals surface area contributed by atoms with Crippen molar-refractivity contribution in [1.82, 2.24) is 14.1 Å². The van der Waals surface area contributed by atoms with Gasteiger partial charge in [-0.05, 0) is 33.1 Å². The van der Waals surface area contributed by atoms with Crippen LogP contribution < -0.4 is 0 Å². The van der Waals surface area contributed by atoms with Crippen molar-refractivity contribution in [1.29, 1.82) is 0 Å². The molecule has 1 spiro atoms. The molecule has 26 heavy (non-hydrogen) atoms. The van der Waals surface area contributed by atoms with E-state index in [9.17, 15) is 21.6 Å². The highest BCUT2D eigenvalue weighted by molar-refractivity contribution is 7.89. The summed E-state index contributed by atoms with van der Waals surface area (Å²) in [7, 11) is -3.88. The predicted octanol–water partition coefficient (Wildman–Crippen LogP) is 2.83. The summed E-state index contributed by atoms with van der Waals surface area (Å²) in [5.41, 5.74) is -1.12. The Balaban J connectivity index is 1.89. The number of aromatic nitrogens is 2. The normalized spacial score (nSPS) is 25.1. The Morgan fingerprint density at radius 2 is 1.96 bits per heavy atom. The maximum atomic E-state index is 13.6. The van der Waals surface area contributed by atoms with E-state index in [0.717, 1.165) is 0 Å². The highest BCUT2D eigenvalue weighted by atomic mass is 32.2. The molecule has 0 aromatic carbocycles. The molecule has 3 rings (SSSR count). The molecule has 0 aliphatic carbocycles. The standard InChI is InChI=1S/C16H24F3N3O3S/c1-12(2)22-10-13(9-20-22)26(23,24)21-6-3-14(16(17,18)19)15(11-21)4-7-25-8-5-15/h9-10,12,14H,3-8,11H2,1-2H3/t14-/m1/s1. The molecule has 0 N–H and O–H groups in total. The molecule has 1 atom stereocenters. The van der Waals surface area contributed by atoms with Crippen molar-refractivity contribution in [3.63, 3.8) is 0 Å². The average molecular weight is 395 g/mol. The Morgan fingerprint density at radius 3 is 2.50 bits per heavy atom. The van der Waals surface area contributed by atoms with Gasteiger partial charge in [-0.15, -0.1) is 0 Å². The van der Waals surface area contributed by atoms with Gasteiger partial charge in [0.25, 0.3) is 0 Å². The van der Waals surface area contributed by atoms with Crippen molar-refractivity contribution in [2.45, 2.75) is 50.2 Å². The number of piperidine rings is 1. The molecule has 0 amide bonds. The Hall–Kier alpha value is -1.13. The lowest BCUT2D eigenvalue weighted by Gasteiger charge is -2.50. The van der Waals surface area contributed by atoms with E-state index in [0.29, 0.717) is 0 Å². The van der Waals surface area contributed by atoms with Gasteiger partial charge >= 0.3 is 6.18 Å². The summed E-state index contributed by atoms with van der Waals surface area (Å²) in [4.78, 5) is 0.0267. The molecule has 0 radical (unpaired) electrons. The number of alkyl halides is 3. The second-order valence-electron chi connectivity index (χ2n) is 7.45. The first-order valence-corrected chi connectivity index (χ1v) is 10.2. The fourth-order valence-electron chi connectivity index (χ4n) is 4.01. The molecule has 6 nitrogen and oxygen atoms in total. The van der Waals surface area contributed by atoms with Gasteiger partial charge in [-0.1, -0.05) is 0 Å². The van der Waals surface area contributed by atoms with Crippen LogP contribution in [0.2, 0.25) is 0 Å². The molecule has 2 aliphatic rings. The maximum absolute atomic E-state index is 13.6. The Labute approximate surface area is 151 Å². The van der Waals surface area contributed by atoms with Gasteiger partial charge in [0.05, 0.1) is 12.1 Å². The zero-order chi connectivity index (χ0) is 19.2. The minimum absolute atomic E-state index is 0.00301. The van der Waals surface area contributed by atoms with Gasteiger partial charge < -0.3 is 4.74 Å². The average Bonchev–Trinajstić information content (AvgIpc) is 3.05. The van der Waals surface area contributed by atoms with Crippen LogP contribution in [0.5, 0.6) is 0 Å². The molecule has 1 aromatic rings. The van der Waals surface area contributed by atoms with Crippen LogP contribution in [0.25, 0.3) is 0 Å². The Kier molecular flexibility index (Phi) is 5.13. The molecular weight excluding hydrogens is 371 g/mol. The van der Waals surface area contributed by atoms with E-state index in [2.05, 4.69) is 5.10 Å². The largest absolute Gasteiger partial charge is 0.392 e. The number of nitrogens with zero attached hydrogens (tertiary/aromatic N) is 3. The number of rotatable bonds is 3. The maximum Gasteiger partial charge on any atom is 0.392 e. The first-order chi connectivity index (χ1) is 12.1. The first kappa shape index (κ1) is 19.6. The lowest BCUT2D eigenvalue weighted by Crippen LogP contribution is -2.56. The van der Waals surface area contributed by atoms with Crippen molar-refractivity contribution in [2.24, 2.45) is 11.3 Å². The third-order valence-electron chi connectivity index (χ3n) is 5.53. The summed E-state index contributed by atoms with van der Waals surface area (Å²) in [6.45, 7) is 3.93. The van der Waals surface area contributed by atoms with Gasteiger partial charge in [-0.2, -0.15) is 22.6 Å². The molecule has 0 unspecified atom stereocenters. The van der Waals surface area contributed by atoms with Crippen molar-refractivity contribution in [3.8, 4) is 0 Å². The van der Waals surface area contributed by atoms with Gasteiger partial charge in [0, 0.05) is 44.0 Å². The third-order valence-corrected chi connectivity index (χ3v) is 7.32. The van der Waals surface area contributed by atoms with Crippen LogP contribution in [0.4, 0.5) is 13.2 Å². The highest BCUT2D eigenvalue weighted by Gasteiger charge is 2.57. The molecule has 1 aromatic heterocycles. The molecule has 2 saturated heterocycles. The SMILES string of the molecule is CC(C)n1cc(S(=O)(=O)N2CC[C@@H](C(F)(F)F)C3(CCOCC3)C2)cn1. The molecule has 2 aliphatic heterocycles. The Morgan fingerprint density at radius 1 is 1.31 bits per heavy atom. The minimum atomic E-state index is -4.34. The van der Waals surface area contributed by atoms with Crippen LogP contribution in [0.3, 0.4) is 0 Å². The summed E-state index contributed by atoms with van der Waals surface area (Å²) in [5.74, 6) is -1.50. The summed E-state index contributed by atoms with van der Waals surface area (Å²) in [5, 5.41) is 4.05. The molecular formula is C16H24F3N3O3S. The highest BCUT2D eigenvalue weighted by Crippen LogP contribution is 2.51. The molecule has 148 valence electrons. The number of sulfonamides is 1. The lowest BCUT2D eigenvalue weighted by molar-refractivity contribution is -0.231. The van der Waals surface area contributed by atoms with E-state index in [4.69, 9.17) is 4.74 Å². The number of halogens is 3. The van der Waals surface area contributed by atoms with Gasteiger partial charge in [0.1, 0.15) is 4.90 Å². The summed E-state index contributed by atoms with van der Waals surface area (Å²) >= 11 is 0. The van der Waals surface area contributed by atoms with E-state index in [-0.39, 0.29) is 56.5 Å². The minimum Gasteiger partial charge on any atom is -0.381 e. The lowest BCUT2D eigenvalue weighted by atomic mass is 9.66. The zero-order valence-corrected chi connectivity index (χ0v) is 15.7. The number of hydrogen-bond donors (Lipinski definition) is 0. The molecule has 0 saturated carbocycles. The first-order valence-electron chi connectivity index (χ1n) is 8.75. The van der Waals surface area contributed by atoms with Crippen molar-refractivity contribution in [2.75, 3.05) is 26.3 Å². The van der Waals surface area contributed by atoms with Crippen LogP contribution in [0, 0.1) is 11.3 Å². The second-order valence-corrected chi connectivity index (χ2v) is 9.38. The summed E-state index contributed by atoms with van der Waals surface area (Å²) < 4.78 is 74.7. The van der Waals surface area contributed by atoms with Crippen molar-refractivity contribution in [3.05, 3.63) is 12.4 Å². The zero-order valence-electron chi connectivity index (χ0n) is 14.9. The summed E-state index contributed by atoms with van der Waals surface area (Å²) in [6, 6.07) is -0.00301. The topological polar surface area (TPSA) is 64.4 Å². The van der Waals surface area contributed by atoms with E-state index >= 15 is 0 Å². The van der Waals surface area contributed by atoms with Gasteiger partial charge in [0.2, 0.25) is 10.0 Å². The van der Waals surface area contributed by atoms with Crippen molar-refractivity contribution < 1.29 is 26.3 Å². The monoisotopic (exact) mass is 395 g/mol. The summed E-state index contributed by atoms with van der Waals surface area (Å²) in [6.07, 6.45) is -1.42. The fourth-order valence-corrected chi connectivity index (χ4v) is 5.50. The smallest absolute Gasteiger partial charge is 0.381 e. The van der Waals surface area contributed by atoms with E-state index in [1.807, 2.05) is 13.8 Å². The van der Waals surface area contributed by atoms with Crippen molar-refractivity contribution >= 4 is 10.0 Å². The quantitative estimate of drug-likeness (QED) is 0.790. The predicted molar refractivity (Wildman–Crippen MR) is 88.0 cm³/mol. The van der Waals surface area contributed by atoms with E-state index < -0.39 is 27.5 Å². The number of hydrogen-bond acceptors (Lipinski definition) is 4. The second kappa shape index (κ2) is 6.79. The number of ether oxygens (including phenoxy) is 1. The third kappa shape index (κ3) is 3.50. The molecule has 3 heterocycles. The van der Waals surface area contributed by atoms with Crippen LogP contribution in [0.1, 0.15) is 39.2 Å². The van der Waals surface area contributed by atoms with Crippen LogP contribution in [-0.2, 0) is 14.8 Å². The van der Waals surface area contributed by atoms with E-state index in [1.54, 1.807) is 0 Å². The van der Waals surface area contributed by atoms with Crippen LogP contribution >= 0.6 is 0 Å². The molecule has 2 fully saturated rings. The molecule has 0 bridgehead atoms. The van der Waals surface area contributed by atoms with Gasteiger partial charge in [0.15, 0.2) is 0 Å². The van der Waals surface area contributed by atoms with Crippen LogP contribution in [-0.4, -0.2) is 55.0 Å². The molecule has 10 heteroatoms. The van der Waals surface area contributed by atoms with E-state index in [1.165, 1.54) is 21.4 Å².